The van der Waals surface area contributed by atoms with Crippen LogP contribution in [0.3, 0.4) is 0 Å². The summed E-state index contributed by atoms with van der Waals surface area (Å²) in [4.78, 5) is 22.1. The lowest BCUT2D eigenvalue weighted by Gasteiger charge is -2.16. The van der Waals surface area contributed by atoms with E-state index in [1.165, 1.54) is 19.2 Å². The van der Waals surface area contributed by atoms with Gasteiger partial charge in [-0.25, -0.2) is 0 Å². The highest BCUT2D eigenvalue weighted by Gasteiger charge is 2.14. The van der Waals surface area contributed by atoms with Gasteiger partial charge in [0.05, 0.1) is 28.4 Å². The molecular weight excluding hydrogens is 270 g/mol. The first-order chi connectivity index (χ1) is 8.85. The molecule has 0 aliphatic heterocycles. The number of carboxylic acid groups (broad SMARTS) is 1. The summed E-state index contributed by atoms with van der Waals surface area (Å²) in [6.07, 6.45) is -0.0474. The van der Waals surface area contributed by atoms with Crippen LogP contribution in [0.4, 0.5) is 11.4 Å². The minimum absolute atomic E-state index is 0.0474. The molecule has 1 unspecified atom stereocenters. The van der Waals surface area contributed by atoms with E-state index < -0.39 is 5.97 Å². The summed E-state index contributed by atoms with van der Waals surface area (Å²) in [5.74, 6) is -1.24. The van der Waals surface area contributed by atoms with Crippen LogP contribution in [0.5, 0.6) is 0 Å². The van der Waals surface area contributed by atoms with Gasteiger partial charge in [-0.05, 0) is 19.1 Å². The second kappa shape index (κ2) is 6.29. The van der Waals surface area contributed by atoms with Crippen molar-refractivity contribution in [3.8, 4) is 0 Å². The van der Waals surface area contributed by atoms with Crippen LogP contribution in [-0.2, 0) is 4.79 Å². The molecule has 5 N–H and O–H groups in total. The molecule has 1 atom stereocenters. The van der Waals surface area contributed by atoms with Crippen LogP contribution in [0.15, 0.2) is 12.1 Å². The highest BCUT2D eigenvalue weighted by atomic mass is 35.5. The first kappa shape index (κ1) is 15.1. The number of carbonyl (C=O) groups excluding carboxylic acids is 1. The van der Waals surface area contributed by atoms with Crippen molar-refractivity contribution >= 4 is 34.9 Å². The Morgan fingerprint density at radius 3 is 2.63 bits per heavy atom. The van der Waals surface area contributed by atoms with E-state index in [1.54, 1.807) is 6.92 Å². The predicted octanol–water partition coefficient (Wildman–Crippen LogP) is 1.56. The summed E-state index contributed by atoms with van der Waals surface area (Å²) in [6.45, 7) is 1.72. The van der Waals surface area contributed by atoms with Crippen molar-refractivity contribution in [1.29, 1.82) is 0 Å². The first-order valence-electron chi connectivity index (χ1n) is 5.64. The molecule has 0 aromatic heterocycles. The van der Waals surface area contributed by atoms with Crippen molar-refractivity contribution in [3.63, 3.8) is 0 Å². The van der Waals surface area contributed by atoms with Crippen molar-refractivity contribution in [2.24, 2.45) is 0 Å². The minimum Gasteiger partial charge on any atom is -0.481 e. The summed E-state index contributed by atoms with van der Waals surface area (Å²) in [5.41, 5.74) is 6.93. The van der Waals surface area contributed by atoms with Crippen molar-refractivity contribution in [2.45, 2.75) is 19.4 Å². The quantitative estimate of drug-likeness (QED) is 0.615. The first-order valence-corrected chi connectivity index (χ1v) is 6.02. The zero-order valence-electron chi connectivity index (χ0n) is 10.7. The molecular formula is C12H16ClN3O3. The second-order valence-corrected chi connectivity index (χ2v) is 4.55. The van der Waals surface area contributed by atoms with E-state index >= 15 is 0 Å². The number of hydrogen-bond donors (Lipinski definition) is 4. The van der Waals surface area contributed by atoms with Gasteiger partial charge in [0.2, 0.25) is 0 Å². The average molecular weight is 286 g/mol. The van der Waals surface area contributed by atoms with Gasteiger partial charge in [-0.2, -0.15) is 0 Å². The third kappa shape index (κ3) is 4.03. The highest BCUT2D eigenvalue weighted by molar-refractivity contribution is 6.34. The van der Waals surface area contributed by atoms with Crippen molar-refractivity contribution in [3.05, 3.63) is 22.7 Å². The molecule has 0 saturated heterocycles. The van der Waals surface area contributed by atoms with Gasteiger partial charge in [0, 0.05) is 13.1 Å². The molecule has 1 aromatic carbocycles. The number of aliphatic carboxylic acids is 1. The van der Waals surface area contributed by atoms with Crippen molar-refractivity contribution < 1.29 is 14.7 Å². The smallest absolute Gasteiger partial charge is 0.305 e. The molecule has 1 aromatic rings. The standard InChI is InChI=1S/C12H16ClN3O3/c1-6(3-11(17)18)16-10-5-8(13)7(4-9(10)14)12(19)15-2/h4-6,16H,3,14H2,1-2H3,(H,15,19)(H,17,18). The molecule has 0 aliphatic rings. The van der Waals surface area contributed by atoms with Gasteiger partial charge in [0.15, 0.2) is 0 Å². The Bertz CT molecular complexity index is 505. The van der Waals surface area contributed by atoms with E-state index in [1.807, 2.05) is 0 Å². The molecule has 19 heavy (non-hydrogen) atoms. The van der Waals surface area contributed by atoms with Gasteiger partial charge in [-0.15, -0.1) is 0 Å². The van der Waals surface area contributed by atoms with Crippen LogP contribution in [0.2, 0.25) is 5.02 Å². The van der Waals surface area contributed by atoms with E-state index in [0.29, 0.717) is 11.4 Å². The summed E-state index contributed by atoms with van der Waals surface area (Å²) in [6, 6.07) is 2.67. The number of carboxylic acids is 1. The highest BCUT2D eigenvalue weighted by Crippen LogP contribution is 2.28. The average Bonchev–Trinajstić information content (AvgIpc) is 2.31. The largest absolute Gasteiger partial charge is 0.481 e. The molecule has 0 fully saturated rings. The predicted molar refractivity (Wildman–Crippen MR) is 74.6 cm³/mol. The van der Waals surface area contributed by atoms with Gasteiger partial charge in [-0.1, -0.05) is 11.6 Å². The summed E-state index contributed by atoms with van der Waals surface area (Å²) < 4.78 is 0. The summed E-state index contributed by atoms with van der Waals surface area (Å²) in [7, 11) is 1.50. The zero-order chi connectivity index (χ0) is 14.6. The Balaban J connectivity index is 2.96. The lowest BCUT2D eigenvalue weighted by molar-refractivity contribution is -0.137. The Morgan fingerprint density at radius 1 is 1.47 bits per heavy atom. The van der Waals surface area contributed by atoms with Gasteiger partial charge >= 0.3 is 5.97 Å². The molecule has 1 amide bonds. The molecule has 7 heteroatoms. The molecule has 0 heterocycles. The van der Waals surface area contributed by atoms with Crippen LogP contribution in [0.1, 0.15) is 23.7 Å². The SMILES string of the molecule is CNC(=O)c1cc(N)c(NC(C)CC(=O)O)cc1Cl. The molecule has 104 valence electrons. The van der Waals surface area contributed by atoms with E-state index in [4.69, 9.17) is 22.4 Å². The van der Waals surface area contributed by atoms with E-state index in [0.717, 1.165) is 0 Å². The summed E-state index contributed by atoms with van der Waals surface area (Å²) in [5, 5.41) is 14.3. The van der Waals surface area contributed by atoms with Gasteiger partial charge in [-0.3, -0.25) is 9.59 Å². The number of nitrogens with one attached hydrogen (secondary N) is 2. The molecule has 0 aliphatic carbocycles. The van der Waals surface area contributed by atoms with Crippen LogP contribution in [0.25, 0.3) is 0 Å². The molecule has 0 radical (unpaired) electrons. The Kier molecular flexibility index (Phi) is 5.00. The second-order valence-electron chi connectivity index (χ2n) is 4.14. The van der Waals surface area contributed by atoms with Crippen LogP contribution < -0.4 is 16.4 Å². The number of nitrogen functional groups attached to an aromatic ring is 1. The Labute approximate surface area is 115 Å². The number of amides is 1. The molecule has 1 rings (SSSR count). The maximum absolute atomic E-state index is 11.5. The number of benzene rings is 1. The minimum atomic E-state index is -0.911. The fourth-order valence-corrected chi connectivity index (χ4v) is 1.85. The van der Waals surface area contributed by atoms with Gasteiger partial charge in [0.25, 0.3) is 5.91 Å². The monoisotopic (exact) mass is 285 g/mol. The van der Waals surface area contributed by atoms with Crippen LogP contribution in [-0.4, -0.2) is 30.1 Å². The number of nitrogens with two attached hydrogens (primary N) is 1. The third-order valence-electron chi connectivity index (χ3n) is 2.49. The van der Waals surface area contributed by atoms with E-state index in [2.05, 4.69) is 10.6 Å². The van der Waals surface area contributed by atoms with E-state index in [9.17, 15) is 9.59 Å². The number of anilines is 2. The zero-order valence-corrected chi connectivity index (χ0v) is 11.4. The third-order valence-corrected chi connectivity index (χ3v) is 2.81. The molecule has 0 saturated carbocycles. The maximum Gasteiger partial charge on any atom is 0.305 e. The molecule has 6 nitrogen and oxygen atoms in total. The number of rotatable bonds is 5. The lowest BCUT2D eigenvalue weighted by Crippen LogP contribution is -2.21. The number of carbonyl (C=O) groups is 2. The Morgan fingerprint density at radius 2 is 2.11 bits per heavy atom. The molecule has 0 bridgehead atoms. The van der Waals surface area contributed by atoms with Crippen molar-refractivity contribution in [2.75, 3.05) is 18.1 Å². The molecule has 0 spiro atoms. The maximum atomic E-state index is 11.5. The topological polar surface area (TPSA) is 104 Å². The lowest BCUT2D eigenvalue weighted by atomic mass is 10.1. The summed E-state index contributed by atoms with van der Waals surface area (Å²) >= 11 is 5.99. The normalized spacial score (nSPS) is 11.7. The van der Waals surface area contributed by atoms with Gasteiger partial charge in [0.1, 0.15) is 0 Å². The van der Waals surface area contributed by atoms with Crippen LogP contribution >= 0.6 is 11.6 Å². The van der Waals surface area contributed by atoms with Gasteiger partial charge < -0.3 is 21.5 Å². The Hall–Kier alpha value is -1.95. The fraction of sp³-hybridized carbons (Fsp3) is 0.333. The number of hydrogen-bond acceptors (Lipinski definition) is 4. The fourth-order valence-electron chi connectivity index (χ4n) is 1.60. The van der Waals surface area contributed by atoms with E-state index in [-0.39, 0.29) is 29.0 Å². The van der Waals surface area contributed by atoms with Crippen molar-refractivity contribution in [1.82, 2.24) is 5.32 Å². The number of halogens is 1. The van der Waals surface area contributed by atoms with Crippen LogP contribution in [0, 0.1) is 0 Å².